The van der Waals surface area contributed by atoms with Crippen LogP contribution in [0.25, 0.3) is 0 Å². The van der Waals surface area contributed by atoms with E-state index in [0.29, 0.717) is 12.5 Å². The third-order valence-electron chi connectivity index (χ3n) is 2.70. The number of furan rings is 1. The number of nitrogens with one attached hydrogen (secondary N) is 1. The van der Waals surface area contributed by atoms with E-state index in [1.54, 1.807) is 6.26 Å². The van der Waals surface area contributed by atoms with Crippen molar-refractivity contribution in [3.05, 3.63) is 23.7 Å². The summed E-state index contributed by atoms with van der Waals surface area (Å²) in [5.74, 6) is 1.48. The van der Waals surface area contributed by atoms with Crippen LogP contribution in [0.5, 0.6) is 0 Å². The van der Waals surface area contributed by atoms with Gasteiger partial charge in [-0.2, -0.15) is 0 Å². The molecular formula is C13H23NO2. The summed E-state index contributed by atoms with van der Waals surface area (Å²) < 4.78 is 5.40. The lowest BCUT2D eigenvalue weighted by atomic mass is 10.1. The Morgan fingerprint density at radius 1 is 1.38 bits per heavy atom. The van der Waals surface area contributed by atoms with E-state index in [2.05, 4.69) is 19.2 Å². The highest BCUT2D eigenvalue weighted by Crippen LogP contribution is 2.18. The second-order valence-electron chi connectivity index (χ2n) is 4.88. The molecule has 1 rings (SSSR count). The topological polar surface area (TPSA) is 45.4 Å². The molecule has 0 aliphatic carbocycles. The van der Waals surface area contributed by atoms with Gasteiger partial charge in [-0.25, -0.2) is 0 Å². The highest BCUT2D eigenvalue weighted by molar-refractivity contribution is 5.17. The quantitative estimate of drug-likeness (QED) is 0.782. The third kappa shape index (κ3) is 3.99. The summed E-state index contributed by atoms with van der Waals surface area (Å²) in [6, 6.07) is 2.11. The van der Waals surface area contributed by atoms with Crippen LogP contribution >= 0.6 is 0 Å². The van der Waals surface area contributed by atoms with Gasteiger partial charge in [0.1, 0.15) is 5.76 Å². The van der Waals surface area contributed by atoms with Gasteiger partial charge < -0.3 is 14.8 Å². The summed E-state index contributed by atoms with van der Waals surface area (Å²) in [5.41, 5.74) is 1.15. The molecule has 0 bridgehead atoms. The Balaban J connectivity index is 2.35. The van der Waals surface area contributed by atoms with Crippen molar-refractivity contribution < 1.29 is 9.52 Å². The molecule has 2 unspecified atom stereocenters. The second-order valence-corrected chi connectivity index (χ2v) is 4.88. The van der Waals surface area contributed by atoms with Crippen LogP contribution in [0.1, 0.15) is 44.6 Å². The van der Waals surface area contributed by atoms with E-state index in [1.807, 2.05) is 19.9 Å². The number of aliphatic hydroxyl groups excluding tert-OH is 1. The van der Waals surface area contributed by atoms with Crippen LogP contribution in [0, 0.1) is 12.8 Å². The van der Waals surface area contributed by atoms with Gasteiger partial charge in [0.05, 0.1) is 18.4 Å². The first-order valence-electron chi connectivity index (χ1n) is 5.96. The first-order valence-corrected chi connectivity index (χ1v) is 5.96. The Morgan fingerprint density at radius 2 is 2.06 bits per heavy atom. The molecule has 3 nitrogen and oxygen atoms in total. The van der Waals surface area contributed by atoms with Gasteiger partial charge in [-0.3, -0.25) is 0 Å². The Kier molecular flexibility index (Phi) is 5.03. The van der Waals surface area contributed by atoms with Gasteiger partial charge in [-0.1, -0.05) is 13.8 Å². The van der Waals surface area contributed by atoms with Crippen LogP contribution in [-0.2, 0) is 0 Å². The summed E-state index contributed by atoms with van der Waals surface area (Å²) in [7, 11) is 0. The Labute approximate surface area is 97.9 Å². The van der Waals surface area contributed by atoms with Gasteiger partial charge in [-0.05, 0) is 37.8 Å². The third-order valence-corrected chi connectivity index (χ3v) is 2.70. The summed E-state index contributed by atoms with van der Waals surface area (Å²) in [6.45, 7) is 8.92. The minimum absolute atomic E-state index is 0.150. The molecule has 92 valence electrons. The van der Waals surface area contributed by atoms with Crippen molar-refractivity contribution in [1.29, 1.82) is 0 Å². The molecule has 0 saturated heterocycles. The predicted molar refractivity (Wildman–Crippen MR) is 65.3 cm³/mol. The standard InChI is InChI=1S/C13H23NO2/c1-9(2)7-12(15)8-14-11(4)13-10(3)5-6-16-13/h5-6,9,11-12,14-15H,7-8H2,1-4H3. The molecular weight excluding hydrogens is 202 g/mol. The lowest BCUT2D eigenvalue weighted by Crippen LogP contribution is -2.30. The molecule has 0 aromatic carbocycles. The normalized spacial score (nSPS) is 15.4. The molecule has 0 spiro atoms. The molecule has 1 aromatic rings. The molecule has 1 aromatic heterocycles. The SMILES string of the molecule is Cc1ccoc1C(C)NCC(O)CC(C)C. The van der Waals surface area contributed by atoms with Crippen LogP contribution in [-0.4, -0.2) is 17.8 Å². The van der Waals surface area contributed by atoms with Crippen LogP contribution < -0.4 is 5.32 Å². The van der Waals surface area contributed by atoms with E-state index in [4.69, 9.17) is 4.42 Å². The Hall–Kier alpha value is -0.800. The van der Waals surface area contributed by atoms with Gasteiger partial charge in [0.15, 0.2) is 0 Å². The average molecular weight is 225 g/mol. The first kappa shape index (κ1) is 13.3. The number of aliphatic hydroxyl groups is 1. The Bertz CT molecular complexity index is 307. The van der Waals surface area contributed by atoms with Crippen molar-refractivity contribution in [2.24, 2.45) is 5.92 Å². The molecule has 3 heteroatoms. The number of hydrogen-bond acceptors (Lipinski definition) is 3. The largest absolute Gasteiger partial charge is 0.467 e. The van der Waals surface area contributed by atoms with Gasteiger partial charge in [0.25, 0.3) is 0 Å². The summed E-state index contributed by atoms with van der Waals surface area (Å²) in [6.07, 6.45) is 2.25. The van der Waals surface area contributed by atoms with Crippen LogP contribution in [0.4, 0.5) is 0 Å². The van der Waals surface area contributed by atoms with E-state index in [0.717, 1.165) is 17.7 Å². The molecule has 0 aliphatic rings. The number of rotatable bonds is 6. The monoisotopic (exact) mass is 225 g/mol. The zero-order valence-electron chi connectivity index (χ0n) is 10.7. The van der Waals surface area contributed by atoms with Crippen LogP contribution in [0.3, 0.4) is 0 Å². The smallest absolute Gasteiger partial charge is 0.123 e. The second kappa shape index (κ2) is 6.06. The molecule has 0 amide bonds. The van der Waals surface area contributed by atoms with Gasteiger partial charge >= 0.3 is 0 Å². The predicted octanol–water partition coefficient (Wildman–Crippen LogP) is 2.65. The minimum atomic E-state index is -0.280. The van der Waals surface area contributed by atoms with E-state index in [1.165, 1.54) is 0 Å². The number of hydrogen-bond donors (Lipinski definition) is 2. The maximum Gasteiger partial charge on any atom is 0.123 e. The van der Waals surface area contributed by atoms with Crippen LogP contribution in [0.2, 0.25) is 0 Å². The molecule has 16 heavy (non-hydrogen) atoms. The van der Waals surface area contributed by atoms with Crippen molar-refractivity contribution in [3.8, 4) is 0 Å². The molecule has 2 atom stereocenters. The van der Waals surface area contributed by atoms with E-state index in [-0.39, 0.29) is 12.1 Å². The lowest BCUT2D eigenvalue weighted by Gasteiger charge is -2.17. The molecule has 2 N–H and O–H groups in total. The minimum Gasteiger partial charge on any atom is -0.467 e. The summed E-state index contributed by atoms with van der Waals surface area (Å²) in [5, 5.41) is 13.0. The fourth-order valence-electron chi connectivity index (χ4n) is 1.86. The molecule has 0 aliphatic heterocycles. The van der Waals surface area contributed by atoms with Crippen molar-refractivity contribution in [2.45, 2.75) is 46.3 Å². The van der Waals surface area contributed by atoms with Gasteiger partial charge in [0, 0.05) is 6.54 Å². The highest BCUT2D eigenvalue weighted by Gasteiger charge is 2.13. The molecule has 0 fully saturated rings. The molecule has 0 radical (unpaired) electrons. The molecule has 0 saturated carbocycles. The zero-order valence-corrected chi connectivity index (χ0v) is 10.7. The highest BCUT2D eigenvalue weighted by atomic mass is 16.3. The first-order chi connectivity index (χ1) is 7.50. The maximum absolute atomic E-state index is 9.74. The van der Waals surface area contributed by atoms with Crippen molar-refractivity contribution in [3.63, 3.8) is 0 Å². The van der Waals surface area contributed by atoms with Crippen molar-refractivity contribution in [2.75, 3.05) is 6.54 Å². The van der Waals surface area contributed by atoms with Crippen molar-refractivity contribution in [1.82, 2.24) is 5.32 Å². The lowest BCUT2D eigenvalue weighted by molar-refractivity contribution is 0.142. The van der Waals surface area contributed by atoms with E-state index >= 15 is 0 Å². The summed E-state index contributed by atoms with van der Waals surface area (Å²) in [4.78, 5) is 0. The van der Waals surface area contributed by atoms with E-state index in [9.17, 15) is 5.11 Å². The zero-order chi connectivity index (χ0) is 12.1. The molecule has 1 heterocycles. The van der Waals surface area contributed by atoms with Gasteiger partial charge in [-0.15, -0.1) is 0 Å². The fraction of sp³-hybridized carbons (Fsp3) is 0.692. The fourth-order valence-corrected chi connectivity index (χ4v) is 1.86. The van der Waals surface area contributed by atoms with Crippen molar-refractivity contribution >= 4 is 0 Å². The van der Waals surface area contributed by atoms with Gasteiger partial charge in [0.2, 0.25) is 0 Å². The Morgan fingerprint density at radius 3 is 2.56 bits per heavy atom. The van der Waals surface area contributed by atoms with Crippen LogP contribution in [0.15, 0.2) is 16.7 Å². The average Bonchev–Trinajstić information content (AvgIpc) is 2.60. The van der Waals surface area contributed by atoms with E-state index < -0.39 is 0 Å². The summed E-state index contributed by atoms with van der Waals surface area (Å²) >= 11 is 0. The number of aryl methyl sites for hydroxylation is 1. The maximum atomic E-state index is 9.74.